The van der Waals surface area contributed by atoms with Crippen molar-refractivity contribution in [2.75, 3.05) is 12.3 Å². The zero-order valence-electron chi connectivity index (χ0n) is 13.4. The third-order valence-electron chi connectivity index (χ3n) is 3.35. The van der Waals surface area contributed by atoms with Gasteiger partial charge in [0.15, 0.2) is 29.9 Å². The minimum Gasteiger partial charge on any atom is -0.464 e. The molecule has 1 heterocycles. The number of nitrogens with two attached hydrogens (primary N) is 1. The molecule has 28 heavy (non-hydrogen) atoms. The molecular formula is C15H8Cl2F6N2O3. The van der Waals surface area contributed by atoms with Gasteiger partial charge in [0.2, 0.25) is 11.8 Å². The van der Waals surface area contributed by atoms with Crippen LogP contribution in [0.1, 0.15) is 11.1 Å². The number of hydrogen-bond donors (Lipinski definition) is 1. The van der Waals surface area contributed by atoms with Crippen LogP contribution in [0.15, 0.2) is 0 Å². The highest BCUT2D eigenvalue weighted by Gasteiger charge is 2.26. The Balaban J connectivity index is 2.10. The Hall–Kier alpha value is -2.40. The van der Waals surface area contributed by atoms with E-state index in [4.69, 9.17) is 33.7 Å². The van der Waals surface area contributed by atoms with Crippen molar-refractivity contribution in [3.8, 4) is 5.88 Å². The van der Waals surface area contributed by atoms with Gasteiger partial charge in [-0.25, -0.2) is 26.7 Å². The molecule has 0 saturated heterocycles. The Morgan fingerprint density at radius 2 is 1.54 bits per heavy atom. The van der Waals surface area contributed by atoms with Gasteiger partial charge >= 0.3 is 5.97 Å². The normalized spacial score (nSPS) is 10.9. The van der Waals surface area contributed by atoms with Gasteiger partial charge in [0.1, 0.15) is 23.3 Å². The van der Waals surface area contributed by atoms with E-state index in [0.717, 1.165) is 0 Å². The van der Waals surface area contributed by atoms with Gasteiger partial charge in [-0.05, 0) is 0 Å². The predicted octanol–water partition coefficient (Wildman–Crippen LogP) is 4.26. The second-order valence-corrected chi connectivity index (χ2v) is 5.80. The van der Waals surface area contributed by atoms with Crippen molar-refractivity contribution in [2.24, 2.45) is 0 Å². The molecule has 2 aromatic rings. The van der Waals surface area contributed by atoms with E-state index < -0.39 is 87.8 Å². The van der Waals surface area contributed by atoms with Gasteiger partial charge in [0.25, 0.3) is 0 Å². The smallest absolute Gasteiger partial charge is 0.344 e. The summed E-state index contributed by atoms with van der Waals surface area (Å²) in [5, 5.41) is -0.984. The van der Waals surface area contributed by atoms with Crippen LogP contribution in [0.2, 0.25) is 10.0 Å². The van der Waals surface area contributed by atoms with Gasteiger partial charge in [-0.15, -0.1) is 0 Å². The standard InChI is InChI=1S/C15H8Cl2F6N2O3/c16-7-13(24)8(17)15(25-14(7)23)28-3-6(26)27-2-5-4(1-18)9(19)11(21)12(22)10(5)20/h1-3H2,(H2,24,25). The Morgan fingerprint density at radius 1 is 0.964 bits per heavy atom. The summed E-state index contributed by atoms with van der Waals surface area (Å²) < 4.78 is 89.1. The van der Waals surface area contributed by atoms with E-state index >= 15 is 0 Å². The number of halogens is 8. The fourth-order valence-electron chi connectivity index (χ4n) is 1.94. The Bertz CT molecular complexity index is 945. The summed E-state index contributed by atoms with van der Waals surface area (Å²) in [5.74, 6) is -11.4. The van der Waals surface area contributed by atoms with Crippen molar-refractivity contribution in [3.63, 3.8) is 0 Å². The van der Waals surface area contributed by atoms with E-state index in [1.807, 2.05) is 0 Å². The first-order chi connectivity index (χ1) is 13.1. The molecule has 0 bridgehead atoms. The molecule has 0 radical (unpaired) electrons. The molecule has 13 heteroatoms. The molecule has 2 N–H and O–H groups in total. The number of rotatable bonds is 6. The van der Waals surface area contributed by atoms with Crippen molar-refractivity contribution in [1.29, 1.82) is 0 Å². The molecule has 0 aliphatic carbocycles. The van der Waals surface area contributed by atoms with Crippen LogP contribution in [0.25, 0.3) is 0 Å². The van der Waals surface area contributed by atoms with Gasteiger partial charge in [-0.3, -0.25) is 0 Å². The zero-order chi connectivity index (χ0) is 21.2. The number of nitrogen functional groups attached to an aromatic ring is 1. The number of pyridine rings is 1. The maximum atomic E-state index is 13.7. The summed E-state index contributed by atoms with van der Waals surface area (Å²) in [4.78, 5) is 14.8. The number of aromatic nitrogens is 1. The molecule has 1 aromatic heterocycles. The van der Waals surface area contributed by atoms with Crippen LogP contribution in [0.4, 0.5) is 32.0 Å². The van der Waals surface area contributed by atoms with E-state index in [0.29, 0.717) is 0 Å². The monoisotopic (exact) mass is 448 g/mol. The molecule has 0 unspecified atom stereocenters. The number of carbonyl (C=O) groups excluding carboxylic acids is 1. The number of ether oxygens (including phenoxy) is 2. The molecule has 0 saturated carbocycles. The van der Waals surface area contributed by atoms with Gasteiger partial charge in [-0.1, -0.05) is 23.2 Å². The van der Waals surface area contributed by atoms with Crippen LogP contribution in [-0.2, 0) is 22.8 Å². The summed E-state index contributed by atoms with van der Waals surface area (Å²) in [6, 6.07) is 0. The molecule has 0 aliphatic heterocycles. The maximum absolute atomic E-state index is 13.7. The number of esters is 1. The van der Waals surface area contributed by atoms with Crippen molar-refractivity contribution in [3.05, 3.63) is 50.4 Å². The average Bonchev–Trinajstić information content (AvgIpc) is 2.68. The minimum atomic E-state index is -2.20. The SMILES string of the molecule is Nc1c(Cl)c(F)nc(OCC(=O)OCc2c(F)c(F)c(F)c(F)c2CF)c1Cl. The van der Waals surface area contributed by atoms with Gasteiger partial charge < -0.3 is 15.2 Å². The summed E-state index contributed by atoms with van der Waals surface area (Å²) in [5.41, 5.74) is 2.80. The Labute approximate surface area is 162 Å². The number of anilines is 1. The fourth-order valence-corrected chi connectivity index (χ4v) is 2.32. The van der Waals surface area contributed by atoms with Gasteiger partial charge in [0, 0.05) is 11.1 Å². The number of hydrogen-bond acceptors (Lipinski definition) is 5. The first kappa shape index (κ1) is 21.9. The summed E-state index contributed by atoms with van der Waals surface area (Å²) >= 11 is 11.2. The minimum absolute atomic E-state index is 0.410. The number of carbonyl (C=O) groups is 1. The molecule has 2 rings (SSSR count). The quantitative estimate of drug-likeness (QED) is 0.235. The van der Waals surface area contributed by atoms with E-state index in [2.05, 4.69) is 9.72 Å². The van der Waals surface area contributed by atoms with Crippen molar-refractivity contribution >= 4 is 34.9 Å². The average molecular weight is 449 g/mol. The van der Waals surface area contributed by atoms with Crippen molar-refractivity contribution in [1.82, 2.24) is 4.98 Å². The van der Waals surface area contributed by atoms with Crippen LogP contribution in [-0.4, -0.2) is 17.6 Å². The lowest BCUT2D eigenvalue weighted by Gasteiger charge is -2.13. The molecule has 0 aliphatic rings. The van der Waals surface area contributed by atoms with Crippen LogP contribution >= 0.6 is 23.2 Å². The van der Waals surface area contributed by atoms with E-state index in [-0.39, 0.29) is 0 Å². The predicted molar refractivity (Wildman–Crippen MR) is 85.0 cm³/mol. The number of nitrogens with zero attached hydrogens (tertiary/aromatic N) is 1. The largest absolute Gasteiger partial charge is 0.464 e. The second-order valence-electron chi connectivity index (χ2n) is 5.05. The first-order valence-corrected chi connectivity index (χ1v) is 7.83. The molecule has 0 spiro atoms. The fraction of sp³-hybridized carbons (Fsp3) is 0.200. The lowest BCUT2D eigenvalue weighted by Crippen LogP contribution is -2.18. The topological polar surface area (TPSA) is 74.4 Å². The molecular weight excluding hydrogens is 441 g/mol. The van der Waals surface area contributed by atoms with Crippen LogP contribution in [0, 0.1) is 29.2 Å². The van der Waals surface area contributed by atoms with Gasteiger partial charge in [0.05, 0.1) is 5.69 Å². The lowest BCUT2D eigenvalue weighted by molar-refractivity contribution is -0.147. The summed E-state index contributed by atoms with van der Waals surface area (Å²) in [7, 11) is 0. The lowest BCUT2D eigenvalue weighted by atomic mass is 10.1. The maximum Gasteiger partial charge on any atom is 0.344 e. The zero-order valence-corrected chi connectivity index (χ0v) is 14.9. The van der Waals surface area contributed by atoms with Gasteiger partial charge in [-0.2, -0.15) is 9.37 Å². The molecule has 5 nitrogen and oxygen atoms in total. The van der Waals surface area contributed by atoms with Crippen LogP contribution in [0.5, 0.6) is 5.88 Å². The van der Waals surface area contributed by atoms with Crippen LogP contribution in [0.3, 0.4) is 0 Å². The molecule has 0 atom stereocenters. The second kappa shape index (κ2) is 8.74. The molecule has 152 valence electrons. The first-order valence-electron chi connectivity index (χ1n) is 7.08. The van der Waals surface area contributed by atoms with E-state index in [9.17, 15) is 31.1 Å². The van der Waals surface area contributed by atoms with Crippen molar-refractivity contribution < 1.29 is 40.6 Å². The van der Waals surface area contributed by atoms with E-state index in [1.54, 1.807) is 0 Å². The Kier molecular flexibility index (Phi) is 6.83. The Morgan fingerprint density at radius 3 is 2.11 bits per heavy atom. The highest BCUT2D eigenvalue weighted by molar-refractivity contribution is 6.39. The molecule has 0 fully saturated rings. The third-order valence-corrected chi connectivity index (χ3v) is 4.08. The number of alkyl halides is 1. The summed E-state index contributed by atoms with van der Waals surface area (Å²) in [6.45, 7) is -3.79. The number of benzene rings is 1. The highest BCUT2D eigenvalue weighted by Crippen LogP contribution is 2.35. The molecule has 0 amide bonds. The third kappa shape index (κ3) is 4.20. The van der Waals surface area contributed by atoms with Crippen LogP contribution < -0.4 is 10.5 Å². The summed E-state index contributed by atoms with van der Waals surface area (Å²) in [6.07, 6.45) is 0. The highest BCUT2D eigenvalue weighted by atomic mass is 35.5. The molecule has 1 aromatic carbocycles. The van der Waals surface area contributed by atoms with Crippen molar-refractivity contribution in [2.45, 2.75) is 13.3 Å². The van der Waals surface area contributed by atoms with E-state index in [1.165, 1.54) is 0 Å².